The Bertz CT molecular complexity index is 643. The number of nitrogens with one attached hydrogen (secondary N) is 1. The van der Waals surface area contributed by atoms with E-state index in [1.165, 1.54) is 44.3 Å². The first-order valence-electron chi connectivity index (χ1n) is 9.28. The van der Waals surface area contributed by atoms with Crippen molar-refractivity contribution in [1.82, 2.24) is 19.8 Å². The highest BCUT2D eigenvalue weighted by Crippen LogP contribution is 2.14. The SMILES string of the molecule is C[C@H](C(=O)NCc1ccc(CN2CCCCCC2)cc1)n1ccnc1. The van der Waals surface area contributed by atoms with Gasteiger partial charge in [-0.1, -0.05) is 37.1 Å². The fraction of sp³-hybridized carbons (Fsp3) is 0.500. The fourth-order valence-corrected chi connectivity index (χ4v) is 3.29. The molecule has 1 amide bonds. The van der Waals surface area contributed by atoms with Crippen LogP contribution < -0.4 is 5.32 Å². The summed E-state index contributed by atoms with van der Waals surface area (Å²) in [7, 11) is 0. The number of rotatable bonds is 6. The molecule has 1 fully saturated rings. The summed E-state index contributed by atoms with van der Waals surface area (Å²) in [6, 6.07) is 8.37. The lowest BCUT2D eigenvalue weighted by molar-refractivity contribution is -0.124. The van der Waals surface area contributed by atoms with E-state index in [1.54, 1.807) is 17.1 Å². The maximum atomic E-state index is 12.2. The van der Waals surface area contributed by atoms with Gasteiger partial charge in [-0.15, -0.1) is 0 Å². The van der Waals surface area contributed by atoms with Crippen LogP contribution in [-0.2, 0) is 17.9 Å². The number of hydrogen-bond donors (Lipinski definition) is 1. The number of likely N-dealkylation sites (tertiary alicyclic amines) is 1. The van der Waals surface area contributed by atoms with Crippen LogP contribution in [0.3, 0.4) is 0 Å². The van der Waals surface area contributed by atoms with Gasteiger partial charge < -0.3 is 9.88 Å². The van der Waals surface area contributed by atoms with Crippen LogP contribution >= 0.6 is 0 Å². The van der Waals surface area contributed by atoms with E-state index >= 15 is 0 Å². The second-order valence-electron chi connectivity index (χ2n) is 6.91. The van der Waals surface area contributed by atoms with Gasteiger partial charge in [0.1, 0.15) is 6.04 Å². The third kappa shape index (κ3) is 5.16. The van der Waals surface area contributed by atoms with Gasteiger partial charge in [-0.25, -0.2) is 4.98 Å². The lowest BCUT2D eigenvalue weighted by atomic mass is 10.1. The van der Waals surface area contributed by atoms with E-state index in [2.05, 4.69) is 39.5 Å². The summed E-state index contributed by atoms with van der Waals surface area (Å²) in [5.74, 6) is 0.00615. The fourth-order valence-electron chi connectivity index (χ4n) is 3.29. The monoisotopic (exact) mass is 340 g/mol. The van der Waals surface area contributed by atoms with E-state index in [0.717, 1.165) is 12.1 Å². The topological polar surface area (TPSA) is 50.2 Å². The van der Waals surface area contributed by atoms with Gasteiger partial charge in [-0.3, -0.25) is 9.69 Å². The Morgan fingerprint density at radius 1 is 1.12 bits per heavy atom. The van der Waals surface area contributed by atoms with E-state index < -0.39 is 0 Å². The summed E-state index contributed by atoms with van der Waals surface area (Å²) in [6.07, 6.45) is 10.5. The van der Waals surface area contributed by atoms with Crippen molar-refractivity contribution >= 4 is 5.91 Å². The smallest absolute Gasteiger partial charge is 0.243 e. The Hall–Kier alpha value is -2.14. The van der Waals surface area contributed by atoms with Crippen LogP contribution in [0.1, 0.15) is 49.8 Å². The second kappa shape index (κ2) is 8.81. The number of carbonyl (C=O) groups is 1. The molecule has 25 heavy (non-hydrogen) atoms. The summed E-state index contributed by atoms with van der Waals surface area (Å²) >= 11 is 0. The van der Waals surface area contributed by atoms with Crippen LogP contribution in [0, 0.1) is 0 Å². The summed E-state index contributed by atoms with van der Waals surface area (Å²) in [5.41, 5.74) is 2.48. The third-order valence-electron chi connectivity index (χ3n) is 4.95. The number of nitrogens with zero attached hydrogens (tertiary/aromatic N) is 3. The molecular weight excluding hydrogens is 312 g/mol. The van der Waals surface area contributed by atoms with Gasteiger partial charge in [-0.2, -0.15) is 0 Å². The Morgan fingerprint density at radius 3 is 2.44 bits per heavy atom. The molecule has 1 saturated heterocycles. The van der Waals surface area contributed by atoms with Crippen molar-refractivity contribution in [3.63, 3.8) is 0 Å². The van der Waals surface area contributed by atoms with Gasteiger partial charge in [0, 0.05) is 25.5 Å². The highest BCUT2D eigenvalue weighted by molar-refractivity contribution is 5.79. The van der Waals surface area contributed by atoms with E-state index in [1.807, 2.05) is 13.1 Å². The average molecular weight is 340 g/mol. The largest absolute Gasteiger partial charge is 0.350 e. The van der Waals surface area contributed by atoms with E-state index in [9.17, 15) is 4.79 Å². The second-order valence-corrected chi connectivity index (χ2v) is 6.91. The van der Waals surface area contributed by atoms with Crippen molar-refractivity contribution in [3.05, 3.63) is 54.1 Å². The van der Waals surface area contributed by atoms with Crippen molar-refractivity contribution < 1.29 is 4.79 Å². The van der Waals surface area contributed by atoms with Crippen LogP contribution in [0.5, 0.6) is 0 Å². The van der Waals surface area contributed by atoms with Gasteiger partial charge in [0.25, 0.3) is 0 Å². The van der Waals surface area contributed by atoms with Crippen molar-refractivity contribution in [2.24, 2.45) is 0 Å². The summed E-state index contributed by atoms with van der Waals surface area (Å²) < 4.78 is 1.81. The molecule has 0 spiro atoms. The minimum atomic E-state index is -0.246. The first-order valence-corrected chi connectivity index (χ1v) is 9.28. The predicted octanol–water partition coefficient (Wildman–Crippen LogP) is 3.14. The molecule has 5 heteroatoms. The zero-order valence-electron chi connectivity index (χ0n) is 15.0. The van der Waals surface area contributed by atoms with Crippen LogP contribution in [0.25, 0.3) is 0 Å². The zero-order chi connectivity index (χ0) is 17.5. The Labute approximate surface area is 150 Å². The molecule has 2 aromatic rings. The molecule has 1 aromatic carbocycles. The Balaban J connectivity index is 1.48. The van der Waals surface area contributed by atoms with Crippen molar-refractivity contribution in [2.75, 3.05) is 13.1 Å². The highest BCUT2D eigenvalue weighted by atomic mass is 16.2. The van der Waals surface area contributed by atoms with E-state index in [4.69, 9.17) is 0 Å². The first-order chi connectivity index (χ1) is 12.2. The van der Waals surface area contributed by atoms with Crippen LogP contribution in [0.4, 0.5) is 0 Å². The number of aromatic nitrogens is 2. The van der Waals surface area contributed by atoms with Crippen molar-refractivity contribution in [1.29, 1.82) is 0 Å². The molecule has 0 saturated carbocycles. The van der Waals surface area contributed by atoms with Crippen LogP contribution in [0.2, 0.25) is 0 Å². The third-order valence-corrected chi connectivity index (χ3v) is 4.95. The quantitative estimate of drug-likeness (QED) is 0.879. The predicted molar refractivity (Wildman–Crippen MR) is 99.0 cm³/mol. The van der Waals surface area contributed by atoms with E-state index in [0.29, 0.717) is 6.54 Å². The van der Waals surface area contributed by atoms with Crippen LogP contribution in [0.15, 0.2) is 43.0 Å². The molecule has 1 N–H and O–H groups in total. The minimum Gasteiger partial charge on any atom is -0.350 e. The van der Waals surface area contributed by atoms with E-state index in [-0.39, 0.29) is 11.9 Å². The summed E-state index contributed by atoms with van der Waals surface area (Å²) in [4.78, 5) is 18.7. The number of amides is 1. The van der Waals surface area contributed by atoms with Crippen molar-refractivity contribution in [2.45, 2.75) is 51.7 Å². The van der Waals surface area contributed by atoms with Gasteiger partial charge in [0.15, 0.2) is 0 Å². The first kappa shape index (κ1) is 17.7. The van der Waals surface area contributed by atoms with Gasteiger partial charge in [0.05, 0.1) is 6.33 Å². The van der Waals surface area contributed by atoms with Gasteiger partial charge >= 0.3 is 0 Å². The molecule has 3 rings (SSSR count). The molecule has 2 heterocycles. The molecule has 0 aliphatic carbocycles. The maximum absolute atomic E-state index is 12.2. The standard InChI is InChI=1S/C20H28N4O/c1-17(24-13-10-21-16-24)20(25)22-14-18-6-8-19(9-7-18)15-23-11-4-2-3-5-12-23/h6-10,13,16-17H,2-5,11-12,14-15H2,1H3,(H,22,25)/t17-/m1/s1. The number of carbonyl (C=O) groups excluding carboxylic acids is 1. The van der Waals surface area contributed by atoms with Crippen molar-refractivity contribution in [3.8, 4) is 0 Å². The molecule has 1 aliphatic heterocycles. The molecule has 1 aliphatic rings. The van der Waals surface area contributed by atoms with Crippen LogP contribution in [-0.4, -0.2) is 33.4 Å². The number of benzene rings is 1. The molecule has 1 atom stereocenters. The molecular formula is C20H28N4O. The Kier molecular flexibility index (Phi) is 6.23. The van der Waals surface area contributed by atoms with Gasteiger partial charge in [0.2, 0.25) is 5.91 Å². The molecule has 134 valence electrons. The minimum absolute atomic E-state index is 0.00615. The lowest BCUT2D eigenvalue weighted by Gasteiger charge is -2.20. The molecule has 0 unspecified atom stereocenters. The molecule has 0 bridgehead atoms. The number of imidazole rings is 1. The molecule has 0 radical (unpaired) electrons. The summed E-state index contributed by atoms with van der Waals surface area (Å²) in [6.45, 7) is 5.89. The number of hydrogen-bond acceptors (Lipinski definition) is 3. The highest BCUT2D eigenvalue weighted by Gasteiger charge is 2.13. The average Bonchev–Trinajstić information content (AvgIpc) is 3.06. The molecule has 1 aromatic heterocycles. The van der Waals surface area contributed by atoms with Gasteiger partial charge in [-0.05, 0) is 44.0 Å². The zero-order valence-corrected chi connectivity index (χ0v) is 15.0. The summed E-state index contributed by atoms with van der Waals surface area (Å²) in [5, 5.41) is 3.00. The normalized spacial score (nSPS) is 17.0. The Morgan fingerprint density at radius 2 is 1.80 bits per heavy atom. The molecule has 5 nitrogen and oxygen atoms in total. The lowest BCUT2D eigenvalue weighted by Crippen LogP contribution is -2.30. The maximum Gasteiger partial charge on any atom is 0.243 e.